The Bertz CT molecular complexity index is 1140. The van der Waals surface area contributed by atoms with Crippen LogP contribution in [-0.2, 0) is 16.1 Å². The van der Waals surface area contributed by atoms with E-state index in [9.17, 15) is 9.59 Å². The molecule has 1 aromatic carbocycles. The first-order valence-corrected chi connectivity index (χ1v) is 12.4. The van der Waals surface area contributed by atoms with Crippen LogP contribution in [0.25, 0.3) is 11.5 Å². The Morgan fingerprint density at radius 1 is 1.03 bits per heavy atom. The predicted octanol–water partition coefficient (Wildman–Crippen LogP) is 4.95. The van der Waals surface area contributed by atoms with E-state index in [1.807, 2.05) is 53.1 Å². The second-order valence-corrected chi connectivity index (χ2v) is 9.03. The molecule has 0 unspecified atom stereocenters. The second-order valence-electron chi connectivity index (χ2n) is 9.03. The molecule has 3 heterocycles. The minimum atomic E-state index is -0.143. The van der Waals surface area contributed by atoms with Gasteiger partial charge in [0.05, 0.1) is 0 Å². The highest BCUT2D eigenvalue weighted by molar-refractivity contribution is 5.96. The number of nitrogens with zero attached hydrogens (tertiary/aromatic N) is 3. The lowest BCUT2D eigenvalue weighted by Crippen LogP contribution is -2.37. The van der Waals surface area contributed by atoms with Crippen LogP contribution in [0.2, 0.25) is 0 Å². The third kappa shape index (κ3) is 6.19. The average molecular weight is 479 g/mol. The summed E-state index contributed by atoms with van der Waals surface area (Å²) in [6, 6.07) is 13.3. The minimum absolute atomic E-state index is 0.0271. The molecule has 0 atom stereocenters. The van der Waals surface area contributed by atoms with E-state index in [4.69, 9.17) is 9.15 Å². The van der Waals surface area contributed by atoms with Gasteiger partial charge in [-0.05, 0) is 43.5 Å². The molecule has 8 heteroatoms. The van der Waals surface area contributed by atoms with E-state index in [1.165, 1.54) is 7.11 Å². The molecule has 1 aliphatic rings. The van der Waals surface area contributed by atoms with Gasteiger partial charge in [-0.25, -0.2) is 0 Å². The highest BCUT2D eigenvalue weighted by Crippen LogP contribution is 2.26. The van der Waals surface area contributed by atoms with Crippen molar-refractivity contribution in [3.8, 4) is 11.5 Å². The number of para-hydroxylation sites is 1. The number of H-pyrrole nitrogens is 1. The fraction of sp³-hybridized carbons (Fsp3) is 0.444. The van der Waals surface area contributed by atoms with E-state index >= 15 is 0 Å². The van der Waals surface area contributed by atoms with E-state index in [0.29, 0.717) is 36.8 Å². The number of anilines is 1. The molecule has 0 bridgehead atoms. The zero-order chi connectivity index (χ0) is 24.6. The van der Waals surface area contributed by atoms with Crippen LogP contribution < -0.4 is 4.90 Å². The number of rotatable bonds is 4. The predicted molar refractivity (Wildman–Crippen MR) is 134 cm³/mol. The van der Waals surface area contributed by atoms with E-state index in [0.717, 1.165) is 55.5 Å². The topological polar surface area (TPSA) is 91.7 Å². The Labute approximate surface area is 206 Å². The van der Waals surface area contributed by atoms with Crippen molar-refractivity contribution in [2.75, 3.05) is 31.7 Å². The van der Waals surface area contributed by atoms with Gasteiger partial charge in [0.2, 0.25) is 0 Å². The van der Waals surface area contributed by atoms with E-state index < -0.39 is 0 Å². The fourth-order valence-corrected chi connectivity index (χ4v) is 4.53. The van der Waals surface area contributed by atoms with Gasteiger partial charge in [-0.3, -0.25) is 14.7 Å². The van der Waals surface area contributed by atoms with Crippen molar-refractivity contribution in [1.29, 1.82) is 0 Å². The van der Waals surface area contributed by atoms with Gasteiger partial charge < -0.3 is 19.0 Å². The summed E-state index contributed by atoms with van der Waals surface area (Å²) in [5.74, 6) is 1.23. The first-order valence-electron chi connectivity index (χ1n) is 12.4. The van der Waals surface area contributed by atoms with Crippen LogP contribution in [0.5, 0.6) is 0 Å². The summed E-state index contributed by atoms with van der Waals surface area (Å²) in [7, 11) is 1.53. The molecule has 4 rings (SSSR count). The van der Waals surface area contributed by atoms with Crippen LogP contribution in [0.15, 0.2) is 46.9 Å². The Morgan fingerprint density at radius 3 is 2.51 bits per heavy atom. The Balaban J connectivity index is 1.62. The number of carbonyl (C=O) groups excluding carboxylic acids is 2. The number of benzene rings is 1. The van der Waals surface area contributed by atoms with Crippen LogP contribution in [-0.4, -0.2) is 53.7 Å². The number of aromatic nitrogens is 2. The van der Waals surface area contributed by atoms with Crippen LogP contribution in [0, 0.1) is 6.92 Å². The van der Waals surface area contributed by atoms with Crippen molar-refractivity contribution < 1.29 is 18.7 Å². The largest absolute Gasteiger partial charge is 0.460 e. The van der Waals surface area contributed by atoms with Gasteiger partial charge in [0, 0.05) is 38.5 Å². The smallest absolute Gasteiger partial charge is 0.274 e. The van der Waals surface area contributed by atoms with Crippen molar-refractivity contribution >= 4 is 17.5 Å². The quantitative estimate of drug-likeness (QED) is 0.573. The van der Waals surface area contributed by atoms with Crippen molar-refractivity contribution in [3.63, 3.8) is 0 Å². The maximum absolute atomic E-state index is 13.6. The van der Waals surface area contributed by atoms with Crippen LogP contribution in [0.3, 0.4) is 0 Å². The minimum Gasteiger partial charge on any atom is -0.460 e. The number of carbonyl (C=O) groups is 2. The first kappa shape index (κ1) is 24.7. The molecule has 0 spiro atoms. The van der Waals surface area contributed by atoms with Gasteiger partial charge >= 0.3 is 0 Å². The van der Waals surface area contributed by atoms with Crippen LogP contribution in [0.1, 0.15) is 60.3 Å². The molecule has 2 amide bonds. The van der Waals surface area contributed by atoms with Crippen molar-refractivity contribution in [1.82, 2.24) is 15.1 Å². The zero-order valence-electron chi connectivity index (χ0n) is 20.6. The highest BCUT2D eigenvalue weighted by atomic mass is 16.5. The molecule has 1 aliphatic heterocycles. The summed E-state index contributed by atoms with van der Waals surface area (Å²) in [4.78, 5) is 30.1. The number of aryl methyl sites for hydroxylation is 1. The summed E-state index contributed by atoms with van der Waals surface area (Å²) in [5.41, 5.74) is 2.79. The van der Waals surface area contributed by atoms with Gasteiger partial charge in [-0.2, -0.15) is 5.10 Å². The third-order valence-corrected chi connectivity index (χ3v) is 6.36. The molecule has 0 saturated heterocycles. The van der Waals surface area contributed by atoms with Crippen molar-refractivity contribution in [2.24, 2.45) is 0 Å². The SMILES string of the molecule is COCC(=O)N1CCCCCCCCN(C(=O)c2cc(-c3ccc(C)o3)[nH]n2)Cc2ccccc21. The molecule has 3 aromatic rings. The normalized spacial score (nSPS) is 15.6. The summed E-state index contributed by atoms with van der Waals surface area (Å²) in [6.07, 6.45) is 6.24. The maximum atomic E-state index is 13.6. The van der Waals surface area contributed by atoms with E-state index in [2.05, 4.69) is 10.2 Å². The lowest BCUT2D eigenvalue weighted by Gasteiger charge is -2.28. The van der Waals surface area contributed by atoms with Gasteiger partial charge in [0.1, 0.15) is 18.1 Å². The number of aromatic amines is 1. The number of nitrogens with one attached hydrogen (secondary N) is 1. The molecule has 2 aromatic heterocycles. The summed E-state index contributed by atoms with van der Waals surface area (Å²) in [6.45, 7) is 3.57. The summed E-state index contributed by atoms with van der Waals surface area (Å²) >= 11 is 0. The van der Waals surface area contributed by atoms with Gasteiger partial charge in [-0.1, -0.05) is 43.9 Å². The fourth-order valence-electron chi connectivity index (χ4n) is 4.53. The Kier molecular flexibility index (Phi) is 8.36. The number of ether oxygens (including phenoxy) is 1. The van der Waals surface area contributed by atoms with Gasteiger partial charge in [0.25, 0.3) is 11.8 Å². The molecule has 1 N–H and O–H groups in total. The molecular formula is C27H34N4O4. The lowest BCUT2D eigenvalue weighted by molar-refractivity contribution is -0.122. The molecule has 35 heavy (non-hydrogen) atoms. The number of hydrogen-bond acceptors (Lipinski definition) is 5. The lowest BCUT2D eigenvalue weighted by atomic mass is 10.1. The van der Waals surface area contributed by atoms with Gasteiger partial charge in [-0.15, -0.1) is 0 Å². The molecule has 8 nitrogen and oxygen atoms in total. The number of methoxy groups -OCH3 is 1. The number of hydrogen-bond donors (Lipinski definition) is 1. The first-order chi connectivity index (χ1) is 17.1. The van der Waals surface area contributed by atoms with Crippen molar-refractivity contribution in [2.45, 2.75) is 52.0 Å². The van der Waals surface area contributed by atoms with Gasteiger partial charge in [0.15, 0.2) is 11.5 Å². The number of furan rings is 1. The molecule has 186 valence electrons. The summed E-state index contributed by atoms with van der Waals surface area (Å²) < 4.78 is 10.8. The second kappa shape index (κ2) is 11.8. The molecule has 0 saturated carbocycles. The molecular weight excluding hydrogens is 444 g/mol. The van der Waals surface area contributed by atoms with Crippen LogP contribution in [0.4, 0.5) is 5.69 Å². The molecule has 0 fully saturated rings. The van der Waals surface area contributed by atoms with Crippen LogP contribution >= 0.6 is 0 Å². The average Bonchev–Trinajstić information content (AvgIpc) is 3.51. The number of fused-ring (bicyclic) bond motifs is 1. The number of amides is 2. The monoisotopic (exact) mass is 478 g/mol. The Hall–Kier alpha value is -3.39. The highest BCUT2D eigenvalue weighted by Gasteiger charge is 2.24. The third-order valence-electron chi connectivity index (χ3n) is 6.36. The zero-order valence-corrected chi connectivity index (χ0v) is 20.6. The van der Waals surface area contributed by atoms with E-state index in [1.54, 1.807) is 6.07 Å². The standard InChI is InChI=1S/C27H34N4O4/c1-20-13-14-25(35-20)22-17-23(29-28-22)27(33)30-15-9-5-3-4-6-10-16-31(26(32)19-34-2)24-12-8-7-11-21(24)18-30/h7-8,11-14,17H,3-6,9-10,15-16,18-19H2,1-2H3,(H,28,29). The van der Waals surface area contributed by atoms with Crippen molar-refractivity contribution in [3.05, 3.63) is 59.5 Å². The summed E-state index contributed by atoms with van der Waals surface area (Å²) in [5, 5.41) is 7.22. The molecule has 0 aliphatic carbocycles. The Morgan fingerprint density at radius 2 is 1.77 bits per heavy atom. The maximum Gasteiger partial charge on any atom is 0.274 e. The molecule has 0 radical (unpaired) electrons. The van der Waals surface area contributed by atoms with E-state index in [-0.39, 0.29) is 18.4 Å².